The average Bonchev–Trinajstić information content (AvgIpc) is 2.50. The maximum atomic E-state index is 13.8. The molecule has 2 N–H and O–H groups in total. The largest absolute Gasteiger partial charge is 0.397 e. The Balaban J connectivity index is 1.73. The van der Waals surface area contributed by atoms with Gasteiger partial charge in [0.1, 0.15) is 11.6 Å². The molecule has 0 bridgehead atoms. The van der Waals surface area contributed by atoms with Crippen molar-refractivity contribution in [2.75, 3.05) is 41.7 Å². The second-order valence-electron chi connectivity index (χ2n) is 5.13. The number of benzene rings is 2. The molecule has 2 aromatic rings. The van der Waals surface area contributed by atoms with Crippen LogP contribution in [0.25, 0.3) is 0 Å². The summed E-state index contributed by atoms with van der Waals surface area (Å²) in [5.41, 5.74) is 7.80. The molecule has 2 aromatic carbocycles. The fraction of sp³-hybridized carbons (Fsp3) is 0.250. The van der Waals surface area contributed by atoms with Crippen molar-refractivity contribution < 1.29 is 8.78 Å². The van der Waals surface area contributed by atoms with E-state index in [0.29, 0.717) is 43.2 Å². The molecule has 1 heterocycles. The highest BCUT2D eigenvalue weighted by Crippen LogP contribution is 2.27. The molecule has 0 aromatic heterocycles. The Morgan fingerprint density at radius 3 is 2.10 bits per heavy atom. The lowest BCUT2D eigenvalue weighted by molar-refractivity contribution is 0.596. The van der Waals surface area contributed by atoms with Gasteiger partial charge >= 0.3 is 0 Å². The van der Waals surface area contributed by atoms with Gasteiger partial charge in [0.05, 0.1) is 17.1 Å². The maximum absolute atomic E-state index is 13.8. The van der Waals surface area contributed by atoms with E-state index in [1.165, 1.54) is 18.2 Å². The first kappa shape index (κ1) is 13.7. The first-order valence-electron chi connectivity index (χ1n) is 6.94. The highest BCUT2D eigenvalue weighted by atomic mass is 19.1. The highest BCUT2D eigenvalue weighted by molar-refractivity contribution is 5.68. The number of nitrogens with zero attached hydrogens (tertiary/aromatic N) is 2. The van der Waals surface area contributed by atoms with Crippen LogP contribution < -0.4 is 15.5 Å². The van der Waals surface area contributed by atoms with Crippen LogP contribution in [-0.4, -0.2) is 26.2 Å². The molecule has 0 saturated carbocycles. The Morgan fingerprint density at radius 2 is 1.43 bits per heavy atom. The second-order valence-corrected chi connectivity index (χ2v) is 5.13. The van der Waals surface area contributed by atoms with Gasteiger partial charge in [0, 0.05) is 26.2 Å². The monoisotopic (exact) mass is 289 g/mol. The summed E-state index contributed by atoms with van der Waals surface area (Å²) in [6.45, 7) is 2.72. The van der Waals surface area contributed by atoms with Crippen molar-refractivity contribution in [3.05, 3.63) is 54.1 Å². The summed E-state index contributed by atoms with van der Waals surface area (Å²) < 4.78 is 27.1. The number of rotatable bonds is 2. The summed E-state index contributed by atoms with van der Waals surface area (Å²) in [5, 5.41) is 0. The number of para-hydroxylation sites is 1. The predicted octanol–water partition coefficient (Wildman–Crippen LogP) is 2.87. The summed E-state index contributed by atoms with van der Waals surface area (Å²) >= 11 is 0. The predicted molar refractivity (Wildman–Crippen MR) is 81.6 cm³/mol. The Labute approximate surface area is 122 Å². The first-order chi connectivity index (χ1) is 10.1. The van der Waals surface area contributed by atoms with Gasteiger partial charge in [0.15, 0.2) is 0 Å². The van der Waals surface area contributed by atoms with Gasteiger partial charge in [-0.15, -0.1) is 0 Å². The van der Waals surface area contributed by atoms with E-state index in [2.05, 4.69) is 0 Å². The minimum Gasteiger partial charge on any atom is -0.397 e. The zero-order valence-corrected chi connectivity index (χ0v) is 11.6. The van der Waals surface area contributed by atoms with Gasteiger partial charge in [0.2, 0.25) is 0 Å². The summed E-state index contributed by atoms with van der Waals surface area (Å²) in [7, 11) is 0. The third kappa shape index (κ3) is 2.77. The van der Waals surface area contributed by atoms with Crippen LogP contribution in [-0.2, 0) is 0 Å². The fourth-order valence-corrected chi connectivity index (χ4v) is 2.69. The Kier molecular flexibility index (Phi) is 3.64. The van der Waals surface area contributed by atoms with Gasteiger partial charge in [-0.2, -0.15) is 0 Å². The normalized spacial score (nSPS) is 15.3. The van der Waals surface area contributed by atoms with Crippen molar-refractivity contribution in [1.82, 2.24) is 0 Å². The summed E-state index contributed by atoms with van der Waals surface area (Å²) in [6.07, 6.45) is 0. The van der Waals surface area contributed by atoms with E-state index >= 15 is 0 Å². The zero-order chi connectivity index (χ0) is 14.8. The van der Waals surface area contributed by atoms with Crippen LogP contribution in [0.2, 0.25) is 0 Å². The quantitative estimate of drug-likeness (QED) is 0.863. The van der Waals surface area contributed by atoms with Gasteiger partial charge in [0.25, 0.3) is 0 Å². The molecule has 0 atom stereocenters. The van der Waals surface area contributed by atoms with E-state index in [1.54, 1.807) is 18.2 Å². The molecule has 1 saturated heterocycles. The third-order valence-corrected chi connectivity index (χ3v) is 3.81. The lowest BCUT2D eigenvalue weighted by Crippen LogP contribution is -2.47. The van der Waals surface area contributed by atoms with E-state index in [9.17, 15) is 8.78 Å². The van der Waals surface area contributed by atoms with E-state index in [0.717, 1.165) is 0 Å². The smallest absolute Gasteiger partial charge is 0.146 e. The molecule has 3 nitrogen and oxygen atoms in total. The molecule has 1 fully saturated rings. The van der Waals surface area contributed by atoms with Crippen molar-refractivity contribution in [2.24, 2.45) is 0 Å². The summed E-state index contributed by atoms with van der Waals surface area (Å²) in [5.74, 6) is -0.507. The van der Waals surface area contributed by atoms with Crippen LogP contribution in [0, 0.1) is 11.6 Å². The van der Waals surface area contributed by atoms with Gasteiger partial charge in [-0.25, -0.2) is 8.78 Å². The van der Waals surface area contributed by atoms with E-state index in [-0.39, 0.29) is 11.6 Å². The minimum absolute atomic E-state index is 0.212. The lowest BCUT2D eigenvalue weighted by Gasteiger charge is -2.37. The van der Waals surface area contributed by atoms with Crippen LogP contribution in [0.1, 0.15) is 0 Å². The maximum Gasteiger partial charge on any atom is 0.146 e. The minimum atomic E-state index is -0.296. The van der Waals surface area contributed by atoms with Crippen molar-refractivity contribution in [3.63, 3.8) is 0 Å². The molecular weight excluding hydrogens is 272 g/mol. The number of hydrogen-bond acceptors (Lipinski definition) is 3. The molecule has 3 rings (SSSR count). The zero-order valence-electron chi connectivity index (χ0n) is 11.6. The number of nitrogen functional groups attached to an aromatic ring is 1. The van der Waals surface area contributed by atoms with Gasteiger partial charge in [-0.3, -0.25) is 0 Å². The van der Waals surface area contributed by atoms with Crippen LogP contribution in [0.5, 0.6) is 0 Å². The summed E-state index contributed by atoms with van der Waals surface area (Å²) in [4.78, 5) is 4.04. The summed E-state index contributed by atoms with van der Waals surface area (Å²) in [6, 6.07) is 11.1. The van der Waals surface area contributed by atoms with Crippen LogP contribution in [0.15, 0.2) is 42.5 Å². The van der Waals surface area contributed by atoms with Gasteiger partial charge < -0.3 is 15.5 Å². The van der Waals surface area contributed by atoms with E-state index in [1.807, 2.05) is 15.9 Å². The SMILES string of the molecule is Nc1ccc(F)cc1N1CCN(c2ccccc2F)CC1. The van der Waals surface area contributed by atoms with Crippen molar-refractivity contribution in [2.45, 2.75) is 0 Å². The van der Waals surface area contributed by atoms with Gasteiger partial charge in [-0.05, 0) is 30.3 Å². The number of nitrogens with two attached hydrogens (primary N) is 1. The number of piperazine rings is 1. The lowest BCUT2D eigenvalue weighted by atomic mass is 10.2. The van der Waals surface area contributed by atoms with Crippen molar-refractivity contribution in [3.8, 4) is 0 Å². The second kappa shape index (κ2) is 5.60. The fourth-order valence-electron chi connectivity index (χ4n) is 2.69. The number of hydrogen-bond donors (Lipinski definition) is 1. The Morgan fingerprint density at radius 1 is 0.810 bits per heavy atom. The van der Waals surface area contributed by atoms with Gasteiger partial charge in [-0.1, -0.05) is 12.1 Å². The molecule has 110 valence electrons. The molecule has 1 aliphatic heterocycles. The Hall–Kier alpha value is -2.30. The molecule has 0 amide bonds. The van der Waals surface area contributed by atoms with Crippen LogP contribution >= 0.6 is 0 Å². The molecule has 0 unspecified atom stereocenters. The van der Waals surface area contributed by atoms with E-state index < -0.39 is 0 Å². The first-order valence-corrected chi connectivity index (χ1v) is 6.94. The molecule has 0 aliphatic carbocycles. The topological polar surface area (TPSA) is 32.5 Å². The molecule has 0 radical (unpaired) electrons. The van der Waals surface area contributed by atoms with Crippen molar-refractivity contribution >= 4 is 17.1 Å². The number of halogens is 2. The highest BCUT2D eigenvalue weighted by Gasteiger charge is 2.20. The van der Waals surface area contributed by atoms with Crippen molar-refractivity contribution in [1.29, 1.82) is 0 Å². The Bertz CT molecular complexity index is 637. The van der Waals surface area contributed by atoms with E-state index in [4.69, 9.17) is 5.73 Å². The van der Waals surface area contributed by atoms with Crippen LogP contribution in [0.3, 0.4) is 0 Å². The molecular formula is C16H17F2N3. The van der Waals surface area contributed by atoms with Crippen LogP contribution in [0.4, 0.5) is 25.8 Å². The molecule has 1 aliphatic rings. The third-order valence-electron chi connectivity index (χ3n) is 3.81. The molecule has 21 heavy (non-hydrogen) atoms. The number of anilines is 3. The average molecular weight is 289 g/mol. The standard InChI is InChI=1S/C16H17F2N3/c17-12-5-6-14(19)16(11-12)21-9-7-20(8-10-21)15-4-2-1-3-13(15)18/h1-6,11H,7-10,19H2. The molecule has 0 spiro atoms. The molecule has 5 heteroatoms.